The van der Waals surface area contributed by atoms with Crippen LogP contribution in [0.2, 0.25) is 0 Å². The van der Waals surface area contributed by atoms with E-state index in [4.69, 9.17) is 0 Å². The van der Waals surface area contributed by atoms with Gasteiger partial charge in [-0.2, -0.15) is 0 Å². The van der Waals surface area contributed by atoms with Gasteiger partial charge >= 0.3 is 0 Å². The number of piperidine rings is 1. The molecule has 98 valence electrons. The first-order chi connectivity index (χ1) is 8.70. The molecule has 0 saturated carbocycles. The summed E-state index contributed by atoms with van der Waals surface area (Å²) in [5.41, 5.74) is 0.313. The molecule has 1 aromatic heterocycles. The topological polar surface area (TPSA) is 45.2 Å². The first kappa shape index (κ1) is 13.0. The fourth-order valence-electron chi connectivity index (χ4n) is 2.28. The van der Waals surface area contributed by atoms with Crippen LogP contribution >= 0.6 is 0 Å². The number of aromatic nitrogens is 1. The highest BCUT2D eigenvalue weighted by atomic mass is 19.1. The summed E-state index contributed by atoms with van der Waals surface area (Å²) in [6.07, 6.45) is 3.16. The molecule has 4 nitrogen and oxygen atoms in total. The zero-order chi connectivity index (χ0) is 13.0. The van der Waals surface area contributed by atoms with Gasteiger partial charge in [0.1, 0.15) is 11.5 Å². The maximum absolute atomic E-state index is 12.8. The van der Waals surface area contributed by atoms with Crippen LogP contribution in [0.5, 0.6) is 0 Å². The van der Waals surface area contributed by atoms with Crippen LogP contribution in [0.1, 0.15) is 30.3 Å². The van der Waals surface area contributed by atoms with Crippen LogP contribution in [0.4, 0.5) is 4.39 Å². The van der Waals surface area contributed by atoms with Crippen LogP contribution in [-0.4, -0.2) is 41.5 Å². The Morgan fingerprint density at radius 1 is 1.61 bits per heavy atom. The van der Waals surface area contributed by atoms with Gasteiger partial charge in [0.15, 0.2) is 0 Å². The summed E-state index contributed by atoms with van der Waals surface area (Å²) in [6.45, 7) is 4.41. The van der Waals surface area contributed by atoms with Gasteiger partial charge in [0.25, 0.3) is 5.91 Å². The zero-order valence-electron chi connectivity index (χ0n) is 10.5. The lowest BCUT2D eigenvalue weighted by atomic mass is 10.1. The fourth-order valence-corrected chi connectivity index (χ4v) is 2.28. The molecular weight excluding hydrogens is 233 g/mol. The Balaban J connectivity index is 2.02. The quantitative estimate of drug-likeness (QED) is 0.884. The smallest absolute Gasteiger partial charge is 0.272 e. The number of carbonyl (C=O) groups is 1. The highest BCUT2D eigenvalue weighted by Gasteiger charge is 2.24. The number of amides is 1. The summed E-state index contributed by atoms with van der Waals surface area (Å²) in [4.78, 5) is 17.8. The summed E-state index contributed by atoms with van der Waals surface area (Å²) in [7, 11) is 0. The molecule has 18 heavy (non-hydrogen) atoms. The van der Waals surface area contributed by atoms with Crippen molar-refractivity contribution in [2.45, 2.75) is 25.8 Å². The number of rotatable bonds is 3. The number of carbonyl (C=O) groups excluding carboxylic acids is 1. The minimum atomic E-state index is -0.421. The van der Waals surface area contributed by atoms with Crippen molar-refractivity contribution in [2.75, 3.05) is 19.6 Å². The third-order valence-corrected chi connectivity index (χ3v) is 3.15. The van der Waals surface area contributed by atoms with Crippen molar-refractivity contribution in [3.63, 3.8) is 0 Å². The van der Waals surface area contributed by atoms with Crippen LogP contribution in [0.15, 0.2) is 18.3 Å². The van der Waals surface area contributed by atoms with Gasteiger partial charge in [-0.05, 0) is 31.5 Å². The Hall–Kier alpha value is -1.49. The molecule has 1 aromatic rings. The molecule has 1 amide bonds. The van der Waals surface area contributed by atoms with Crippen molar-refractivity contribution < 1.29 is 9.18 Å². The van der Waals surface area contributed by atoms with Crippen LogP contribution in [0.3, 0.4) is 0 Å². The maximum Gasteiger partial charge on any atom is 0.272 e. The molecule has 0 bridgehead atoms. The van der Waals surface area contributed by atoms with Crippen molar-refractivity contribution in [1.82, 2.24) is 15.2 Å². The Labute approximate surface area is 106 Å². The van der Waals surface area contributed by atoms with Gasteiger partial charge in [0, 0.05) is 19.1 Å². The van der Waals surface area contributed by atoms with Crippen molar-refractivity contribution in [3.05, 3.63) is 29.8 Å². The normalized spacial score (nSPS) is 19.9. The van der Waals surface area contributed by atoms with E-state index in [1.807, 2.05) is 0 Å². The van der Waals surface area contributed by atoms with Gasteiger partial charge in [-0.3, -0.25) is 4.79 Å². The molecule has 1 atom stereocenters. The predicted molar refractivity (Wildman–Crippen MR) is 66.8 cm³/mol. The van der Waals surface area contributed by atoms with E-state index in [2.05, 4.69) is 17.2 Å². The molecule has 1 unspecified atom stereocenters. The number of nitrogens with one attached hydrogen (secondary N) is 1. The summed E-state index contributed by atoms with van der Waals surface area (Å²) in [5, 5.41) is 3.36. The van der Waals surface area contributed by atoms with Gasteiger partial charge in [-0.15, -0.1) is 0 Å². The lowest BCUT2D eigenvalue weighted by Crippen LogP contribution is -2.48. The fraction of sp³-hybridized carbons (Fsp3) is 0.538. The Bertz CT molecular complexity index is 405. The molecule has 2 heterocycles. The number of hydrogen-bond acceptors (Lipinski definition) is 3. The molecule has 1 fully saturated rings. The Kier molecular flexibility index (Phi) is 4.25. The van der Waals surface area contributed by atoms with Crippen LogP contribution in [0.25, 0.3) is 0 Å². The molecule has 0 aromatic carbocycles. The third kappa shape index (κ3) is 3.04. The lowest BCUT2D eigenvalue weighted by molar-refractivity contribution is 0.0689. The van der Waals surface area contributed by atoms with Crippen LogP contribution in [0, 0.1) is 5.82 Å². The van der Waals surface area contributed by atoms with Crippen molar-refractivity contribution in [2.24, 2.45) is 0 Å². The molecular formula is C13H18FN3O. The van der Waals surface area contributed by atoms with E-state index in [-0.39, 0.29) is 5.91 Å². The Morgan fingerprint density at radius 3 is 3.11 bits per heavy atom. The first-order valence-electron chi connectivity index (χ1n) is 6.35. The number of hydrogen-bond donors (Lipinski definition) is 1. The van der Waals surface area contributed by atoms with E-state index in [1.54, 1.807) is 4.90 Å². The lowest BCUT2D eigenvalue weighted by Gasteiger charge is -2.32. The average molecular weight is 251 g/mol. The molecule has 2 rings (SSSR count). The van der Waals surface area contributed by atoms with Gasteiger partial charge in [-0.25, -0.2) is 9.37 Å². The van der Waals surface area contributed by atoms with Gasteiger partial charge in [0.2, 0.25) is 0 Å². The molecule has 1 aliphatic rings. The maximum atomic E-state index is 12.8. The number of halogens is 1. The van der Waals surface area contributed by atoms with Crippen molar-refractivity contribution in [3.8, 4) is 0 Å². The number of nitrogens with zero attached hydrogens (tertiary/aromatic N) is 2. The largest absolute Gasteiger partial charge is 0.336 e. The SMILES string of the molecule is CCNC1CCCN(C(=O)c2ccc(F)cn2)C1. The molecule has 0 radical (unpaired) electrons. The molecule has 0 spiro atoms. The minimum Gasteiger partial charge on any atom is -0.336 e. The van der Waals surface area contributed by atoms with Crippen molar-refractivity contribution in [1.29, 1.82) is 0 Å². The van der Waals surface area contributed by atoms with Gasteiger partial charge in [0.05, 0.1) is 6.20 Å². The summed E-state index contributed by atoms with van der Waals surface area (Å²) in [6, 6.07) is 3.06. The molecule has 1 aliphatic heterocycles. The highest BCUT2D eigenvalue weighted by Crippen LogP contribution is 2.13. The summed E-state index contributed by atoms with van der Waals surface area (Å²) >= 11 is 0. The monoisotopic (exact) mass is 251 g/mol. The number of likely N-dealkylation sites (N-methyl/N-ethyl adjacent to an activating group) is 1. The summed E-state index contributed by atoms with van der Waals surface area (Å²) < 4.78 is 12.8. The summed E-state index contributed by atoms with van der Waals surface area (Å²) in [5.74, 6) is -0.534. The Morgan fingerprint density at radius 2 is 2.44 bits per heavy atom. The second-order valence-corrected chi connectivity index (χ2v) is 4.51. The minimum absolute atomic E-state index is 0.113. The molecule has 5 heteroatoms. The first-order valence-corrected chi connectivity index (χ1v) is 6.35. The van der Waals surface area contributed by atoms with E-state index in [0.29, 0.717) is 18.3 Å². The second-order valence-electron chi connectivity index (χ2n) is 4.51. The van der Waals surface area contributed by atoms with E-state index >= 15 is 0 Å². The van der Waals surface area contributed by atoms with E-state index in [9.17, 15) is 9.18 Å². The third-order valence-electron chi connectivity index (χ3n) is 3.15. The van der Waals surface area contributed by atoms with Crippen molar-refractivity contribution >= 4 is 5.91 Å². The second kappa shape index (κ2) is 5.91. The number of pyridine rings is 1. The van der Waals surface area contributed by atoms with Gasteiger partial charge in [-0.1, -0.05) is 6.92 Å². The molecule has 1 N–H and O–H groups in total. The van der Waals surface area contributed by atoms with Crippen LogP contribution in [-0.2, 0) is 0 Å². The number of likely N-dealkylation sites (tertiary alicyclic amines) is 1. The van der Waals surface area contributed by atoms with E-state index in [0.717, 1.165) is 32.1 Å². The predicted octanol–water partition coefficient (Wildman–Crippen LogP) is 1.43. The van der Waals surface area contributed by atoms with Gasteiger partial charge < -0.3 is 10.2 Å². The zero-order valence-corrected chi connectivity index (χ0v) is 10.5. The van der Waals surface area contributed by atoms with E-state index < -0.39 is 5.82 Å². The molecule has 0 aliphatic carbocycles. The van der Waals surface area contributed by atoms with Crippen LogP contribution < -0.4 is 5.32 Å². The average Bonchev–Trinajstić information content (AvgIpc) is 2.39. The van der Waals surface area contributed by atoms with E-state index in [1.165, 1.54) is 12.1 Å². The highest BCUT2D eigenvalue weighted by molar-refractivity contribution is 5.92. The molecule has 1 saturated heterocycles. The standard InChI is InChI=1S/C13H18FN3O/c1-2-15-11-4-3-7-17(9-11)13(18)12-6-5-10(14)8-16-12/h5-6,8,11,15H,2-4,7,9H2,1H3.